The summed E-state index contributed by atoms with van der Waals surface area (Å²) in [6.45, 7) is 4.56. The average molecular weight is 387 g/mol. The van der Waals surface area contributed by atoms with Crippen LogP contribution in [0.25, 0.3) is 33.1 Å². The zero-order valence-electron chi connectivity index (χ0n) is 16.5. The van der Waals surface area contributed by atoms with Crippen LogP contribution in [0.2, 0.25) is 0 Å². The molecule has 4 N–H and O–H groups in total. The van der Waals surface area contributed by atoms with Crippen molar-refractivity contribution in [3.63, 3.8) is 0 Å². The Morgan fingerprint density at radius 3 is 2.72 bits per heavy atom. The highest BCUT2D eigenvalue weighted by Crippen LogP contribution is 2.29. The van der Waals surface area contributed by atoms with Crippen molar-refractivity contribution in [3.05, 3.63) is 54.4 Å². The van der Waals surface area contributed by atoms with Crippen molar-refractivity contribution < 1.29 is 5.11 Å². The molecule has 1 aromatic carbocycles. The van der Waals surface area contributed by atoms with Gasteiger partial charge in [-0.25, -0.2) is 9.97 Å². The molecule has 0 saturated carbocycles. The lowest BCUT2D eigenvalue weighted by Gasteiger charge is -2.36. The summed E-state index contributed by atoms with van der Waals surface area (Å²) in [6, 6.07) is 12.7. The molecular weight excluding hydrogens is 362 g/mol. The SMILES string of the molecule is CC1(O)CCCN(Cc2ccc(-c3cnc4[nH]c5cnc(N)cc5c4c3)cc2)C1. The number of anilines is 1. The summed E-state index contributed by atoms with van der Waals surface area (Å²) < 4.78 is 0. The summed E-state index contributed by atoms with van der Waals surface area (Å²) in [5, 5.41) is 12.4. The fraction of sp³-hybridized carbons (Fsp3) is 0.304. The van der Waals surface area contributed by atoms with E-state index in [2.05, 4.69) is 50.2 Å². The minimum absolute atomic E-state index is 0.504. The number of nitrogens with two attached hydrogens (primary N) is 1. The molecule has 0 spiro atoms. The average Bonchev–Trinajstić information content (AvgIpc) is 3.05. The summed E-state index contributed by atoms with van der Waals surface area (Å²) in [5.41, 5.74) is 10.5. The number of aliphatic hydroxyl groups is 1. The molecule has 6 nitrogen and oxygen atoms in total. The first-order valence-electron chi connectivity index (χ1n) is 10.0. The summed E-state index contributed by atoms with van der Waals surface area (Å²) in [5.74, 6) is 0.504. The second kappa shape index (κ2) is 6.83. The third-order valence-corrected chi connectivity index (χ3v) is 5.80. The Balaban J connectivity index is 1.41. The Bertz CT molecular complexity index is 1180. The molecule has 4 aromatic rings. The van der Waals surface area contributed by atoms with Gasteiger partial charge in [-0.3, -0.25) is 4.90 Å². The molecule has 6 heteroatoms. The van der Waals surface area contributed by atoms with Gasteiger partial charge in [-0.15, -0.1) is 0 Å². The zero-order chi connectivity index (χ0) is 20.0. The predicted molar refractivity (Wildman–Crippen MR) is 116 cm³/mol. The van der Waals surface area contributed by atoms with Crippen LogP contribution in [0.5, 0.6) is 0 Å². The van der Waals surface area contributed by atoms with Crippen LogP contribution in [0.4, 0.5) is 5.82 Å². The number of aromatic amines is 1. The standard InChI is InChI=1S/C23H25N5O/c1-23(29)7-2-8-28(14-23)13-15-3-5-16(6-4-15)17-9-19-18-10-21(24)25-12-20(18)27-22(19)26-11-17/h3-6,9-12,29H,2,7-8,13-14H2,1H3,(H2,24,25)(H,26,27). The lowest BCUT2D eigenvalue weighted by atomic mass is 9.94. The molecule has 148 valence electrons. The highest BCUT2D eigenvalue weighted by molar-refractivity contribution is 6.07. The number of aromatic nitrogens is 3. The van der Waals surface area contributed by atoms with Gasteiger partial charge >= 0.3 is 0 Å². The van der Waals surface area contributed by atoms with Crippen LogP contribution in [0, 0.1) is 0 Å². The van der Waals surface area contributed by atoms with Crippen molar-refractivity contribution in [1.82, 2.24) is 19.9 Å². The molecule has 1 fully saturated rings. The summed E-state index contributed by atoms with van der Waals surface area (Å²) >= 11 is 0. The fourth-order valence-electron chi connectivity index (χ4n) is 4.37. The number of rotatable bonds is 3. The first kappa shape index (κ1) is 18.1. The fourth-order valence-corrected chi connectivity index (χ4v) is 4.37. The topological polar surface area (TPSA) is 91.1 Å². The van der Waals surface area contributed by atoms with Gasteiger partial charge in [0, 0.05) is 35.6 Å². The molecule has 3 aromatic heterocycles. The van der Waals surface area contributed by atoms with Crippen molar-refractivity contribution in [2.24, 2.45) is 0 Å². The number of fused-ring (bicyclic) bond motifs is 3. The van der Waals surface area contributed by atoms with Crippen LogP contribution in [0.3, 0.4) is 0 Å². The highest BCUT2D eigenvalue weighted by Gasteiger charge is 2.28. The number of nitrogen functional groups attached to an aromatic ring is 1. The van der Waals surface area contributed by atoms with Crippen molar-refractivity contribution in [3.8, 4) is 11.1 Å². The maximum Gasteiger partial charge on any atom is 0.138 e. The Kier molecular flexibility index (Phi) is 4.26. The van der Waals surface area contributed by atoms with E-state index in [4.69, 9.17) is 5.73 Å². The lowest BCUT2D eigenvalue weighted by molar-refractivity contribution is -0.0181. The van der Waals surface area contributed by atoms with Gasteiger partial charge in [0.25, 0.3) is 0 Å². The van der Waals surface area contributed by atoms with E-state index in [9.17, 15) is 5.11 Å². The third-order valence-electron chi connectivity index (χ3n) is 5.80. The van der Waals surface area contributed by atoms with E-state index in [1.165, 1.54) is 5.56 Å². The van der Waals surface area contributed by atoms with Crippen LogP contribution in [-0.4, -0.2) is 43.6 Å². The first-order chi connectivity index (χ1) is 14.0. The van der Waals surface area contributed by atoms with E-state index >= 15 is 0 Å². The Morgan fingerprint density at radius 2 is 1.93 bits per heavy atom. The molecule has 1 saturated heterocycles. The van der Waals surface area contributed by atoms with Crippen molar-refractivity contribution in [2.75, 3.05) is 18.8 Å². The van der Waals surface area contributed by atoms with Crippen molar-refractivity contribution in [2.45, 2.75) is 31.9 Å². The highest BCUT2D eigenvalue weighted by atomic mass is 16.3. The number of hydrogen-bond donors (Lipinski definition) is 3. The van der Waals surface area contributed by atoms with Gasteiger partial charge in [0.2, 0.25) is 0 Å². The molecule has 1 aliphatic rings. The van der Waals surface area contributed by atoms with E-state index in [1.807, 2.05) is 19.2 Å². The summed E-state index contributed by atoms with van der Waals surface area (Å²) in [4.78, 5) is 14.4. The smallest absolute Gasteiger partial charge is 0.138 e. The summed E-state index contributed by atoms with van der Waals surface area (Å²) in [6.07, 6.45) is 5.57. The Morgan fingerprint density at radius 1 is 1.10 bits per heavy atom. The maximum absolute atomic E-state index is 10.3. The molecule has 0 aliphatic carbocycles. The minimum Gasteiger partial charge on any atom is -0.389 e. The normalized spacial score (nSPS) is 20.5. The van der Waals surface area contributed by atoms with Crippen LogP contribution in [0.15, 0.2) is 48.8 Å². The number of H-pyrrole nitrogens is 1. The van der Waals surface area contributed by atoms with Gasteiger partial charge in [0.15, 0.2) is 0 Å². The molecule has 1 atom stereocenters. The molecule has 0 bridgehead atoms. The molecule has 5 rings (SSSR count). The minimum atomic E-state index is -0.572. The molecule has 1 aliphatic heterocycles. The largest absolute Gasteiger partial charge is 0.389 e. The number of nitrogens with zero attached hydrogens (tertiary/aromatic N) is 3. The zero-order valence-corrected chi connectivity index (χ0v) is 16.5. The van der Waals surface area contributed by atoms with Crippen LogP contribution < -0.4 is 5.73 Å². The monoisotopic (exact) mass is 387 g/mol. The van der Waals surface area contributed by atoms with Crippen LogP contribution in [-0.2, 0) is 6.54 Å². The number of pyridine rings is 2. The lowest BCUT2D eigenvalue weighted by Crippen LogP contribution is -2.45. The second-order valence-electron chi connectivity index (χ2n) is 8.41. The molecular formula is C23H25N5O. The third kappa shape index (κ3) is 3.57. The molecule has 29 heavy (non-hydrogen) atoms. The van der Waals surface area contributed by atoms with Crippen LogP contribution in [0.1, 0.15) is 25.3 Å². The van der Waals surface area contributed by atoms with E-state index in [0.717, 1.165) is 65.5 Å². The molecule has 0 radical (unpaired) electrons. The van der Waals surface area contributed by atoms with Crippen molar-refractivity contribution >= 4 is 27.8 Å². The number of benzene rings is 1. The van der Waals surface area contributed by atoms with Crippen molar-refractivity contribution in [1.29, 1.82) is 0 Å². The predicted octanol–water partition coefficient (Wildman–Crippen LogP) is 3.71. The van der Waals surface area contributed by atoms with E-state index < -0.39 is 5.60 Å². The molecule has 0 amide bonds. The summed E-state index contributed by atoms with van der Waals surface area (Å²) in [7, 11) is 0. The number of likely N-dealkylation sites (tertiary alicyclic amines) is 1. The van der Waals surface area contributed by atoms with Gasteiger partial charge in [-0.1, -0.05) is 24.3 Å². The number of hydrogen-bond acceptors (Lipinski definition) is 5. The Hall–Kier alpha value is -2.96. The number of piperidine rings is 1. The number of nitrogens with one attached hydrogen (secondary N) is 1. The van der Waals surface area contributed by atoms with Crippen LogP contribution >= 0.6 is 0 Å². The van der Waals surface area contributed by atoms with Gasteiger partial charge in [-0.2, -0.15) is 0 Å². The van der Waals surface area contributed by atoms with Gasteiger partial charge in [-0.05, 0) is 49.6 Å². The quantitative estimate of drug-likeness (QED) is 0.498. The van der Waals surface area contributed by atoms with E-state index in [1.54, 1.807) is 6.20 Å². The number of β-amino-alcohol motifs (C(OH)–C–C–N with tert-alkyl or cyclic N) is 1. The molecule has 1 unspecified atom stereocenters. The van der Waals surface area contributed by atoms with E-state index in [0.29, 0.717) is 5.82 Å². The molecule has 4 heterocycles. The second-order valence-corrected chi connectivity index (χ2v) is 8.41. The van der Waals surface area contributed by atoms with E-state index in [-0.39, 0.29) is 0 Å². The van der Waals surface area contributed by atoms with Gasteiger partial charge in [0.05, 0.1) is 17.3 Å². The maximum atomic E-state index is 10.3. The first-order valence-corrected chi connectivity index (χ1v) is 10.0. The Labute approximate surface area is 169 Å². The van der Waals surface area contributed by atoms with Gasteiger partial charge in [0.1, 0.15) is 11.5 Å². The van der Waals surface area contributed by atoms with Gasteiger partial charge < -0.3 is 15.8 Å².